The summed E-state index contributed by atoms with van der Waals surface area (Å²) in [6, 6.07) is 19.7. The first kappa shape index (κ1) is 29.4. The third kappa shape index (κ3) is 7.11. The maximum absolute atomic E-state index is 13.2. The number of halogens is 2. The average Bonchev–Trinajstić information content (AvgIpc) is 3.44. The van der Waals surface area contributed by atoms with Crippen LogP contribution in [0.4, 0.5) is 5.69 Å². The first-order valence-corrected chi connectivity index (χ1v) is 13.3. The van der Waals surface area contributed by atoms with Gasteiger partial charge in [0.2, 0.25) is 0 Å². The van der Waals surface area contributed by atoms with Crippen molar-refractivity contribution in [2.75, 3.05) is 18.2 Å². The minimum atomic E-state index is -1.29. The van der Waals surface area contributed by atoms with Crippen molar-refractivity contribution in [1.82, 2.24) is 5.32 Å². The number of benzene rings is 3. The van der Waals surface area contributed by atoms with Gasteiger partial charge in [-0.2, -0.15) is 0 Å². The predicted molar refractivity (Wildman–Crippen MR) is 150 cm³/mol. The first-order valence-electron chi connectivity index (χ1n) is 12.6. The van der Waals surface area contributed by atoms with Crippen LogP contribution in [0, 0.1) is 0 Å². The van der Waals surface area contributed by atoms with Crippen LogP contribution in [0.5, 0.6) is 5.75 Å². The molecule has 2 N–H and O–H groups in total. The van der Waals surface area contributed by atoms with Gasteiger partial charge in [0.25, 0.3) is 11.8 Å². The molecule has 3 aromatic carbocycles. The Morgan fingerprint density at radius 1 is 0.975 bits per heavy atom. The molecule has 1 aliphatic heterocycles. The van der Waals surface area contributed by atoms with Gasteiger partial charge in [-0.25, -0.2) is 4.79 Å². The number of hydrogen-bond acceptors (Lipinski definition) is 6. The number of likely N-dealkylation sites (N-methyl/N-ethyl adjacent to an activating group) is 1. The van der Waals surface area contributed by atoms with Crippen LogP contribution < -0.4 is 15.0 Å². The number of ether oxygens (including phenoxy) is 3. The zero-order valence-corrected chi connectivity index (χ0v) is 23.1. The van der Waals surface area contributed by atoms with Gasteiger partial charge < -0.3 is 29.5 Å². The molecular weight excluding hydrogens is 559 g/mol. The smallest absolute Gasteiger partial charge is 0.326 e. The Morgan fingerprint density at radius 2 is 1.62 bits per heavy atom. The summed E-state index contributed by atoms with van der Waals surface area (Å²) in [5.41, 5.74) is 1.95. The second kappa shape index (κ2) is 13.6. The van der Waals surface area contributed by atoms with Gasteiger partial charge in [0.1, 0.15) is 25.2 Å². The maximum Gasteiger partial charge on any atom is 0.326 e. The summed E-state index contributed by atoms with van der Waals surface area (Å²) < 4.78 is 16.6. The number of nitrogens with one attached hydrogen (secondary N) is 1. The lowest BCUT2D eigenvalue weighted by molar-refractivity contribution is -0.144. The lowest BCUT2D eigenvalue weighted by Gasteiger charge is -2.26. The molecule has 3 aromatic rings. The van der Waals surface area contributed by atoms with E-state index in [0.717, 1.165) is 0 Å². The number of hydrogen-bond donors (Lipinski definition) is 2. The molecule has 2 amide bonds. The molecule has 0 spiro atoms. The summed E-state index contributed by atoms with van der Waals surface area (Å²) in [6.07, 6.45) is -2.51. The van der Waals surface area contributed by atoms with Gasteiger partial charge in [-0.3, -0.25) is 9.59 Å². The highest BCUT2D eigenvalue weighted by molar-refractivity contribution is 6.35. The highest BCUT2D eigenvalue weighted by Gasteiger charge is 2.43. The van der Waals surface area contributed by atoms with Crippen molar-refractivity contribution >= 4 is 46.7 Å². The monoisotopic (exact) mass is 586 g/mol. The molecule has 0 saturated carbocycles. The van der Waals surface area contributed by atoms with E-state index in [-0.39, 0.29) is 19.8 Å². The molecule has 0 radical (unpaired) electrons. The molecule has 1 heterocycles. The van der Waals surface area contributed by atoms with E-state index >= 15 is 0 Å². The van der Waals surface area contributed by atoms with Crippen molar-refractivity contribution < 1.29 is 33.7 Å². The topological polar surface area (TPSA) is 114 Å². The zero-order chi connectivity index (χ0) is 28.6. The molecule has 1 saturated heterocycles. The Balaban J connectivity index is 1.38. The maximum atomic E-state index is 13.2. The minimum absolute atomic E-state index is 0.00497. The quantitative estimate of drug-likeness (QED) is 0.340. The average molecular weight is 587 g/mol. The van der Waals surface area contributed by atoms with Crippen LogP contribution in [0.1, 0.15) is 18.1 Å². The van der Waals surface area contributed by atoms with Crippen LogP contribution >= 0.6 is 23.2 Å². The van der Waals surface area contributed by atoms with E-state index in [4.69, 9.17) is 37.4 Å². The Hall–Kier alpha value is -3.63. The van der Waals surface area contributed by atoms with E-state index in [1.165, 1.54) is 4.90 Å². The Bertz CT molecular complexity index is 1320. The number of rotatable bonds is 11. The number of carbonyl (C=O) groups excluding carboxylic acids is 2. The van der Waals surface area contributed by atoms with E-state index in [1.807, 2.05) is 6.07 Å². The van der Waals surface area contributed by atoms with Crippen molar-refractivity contribution in [3.8, 4) is 5.75 Å². The molecule has 0 aromatic heterocycles. The van der Waals surface area contributed by atoms with Gasteiger partial charge in [0.05, 0.1) is 0 Å². The molecule has 0 aliphatic carbocycles. The highest BCUT2D eigenvalue weighted by atomic mass is 35.5. The second-order valence-corrected chi connectivity index (χ2v) is 9.76. The normalized spacial score (nSPS) is 17.2. The number of nitrogens with zero attached hydrogens (tertiary/aromatic N) is 1. The van der Waals surface area contributed by atoms with Gasteiger partial charge in [-0.1, -0.05) is 59.6 Å². The first-order chi connectivity index (χ1) is 19.3. The van der Waals surface area contributed by atoms with Crippen molar-refractivity contribution in [2.24, 2.45) is 0 Å². The Morgan fingerprint density at radius 3 is 2.25 bits per heavy atom. The molecule has 210 valence electrons. The van der Waals surface area contributed by atoms with E-state index < -0.39 is 36.0 Å². The van der Waals surface area contributed by atoms with Gasteiger partial charge in [-0.15, -0.1) is 0 Å². The molecule has 1 aliphatic rings. The number of carbonyl (C=O) groups is 3. The van der Waals surface area contributed by atoms with Gasteiger partial charge in [0.15, 0.2) is 12.2 Å². The number of aliphatic carboxylic acids is 1. The summed E-state index contributed by atoms with van der Waals surface area (Å²) >= 11 is 12.4. The third-order valence-corrected chi connectivity index (χ3v) is 7.05. The van der Waals surface area contributed by atoms with Crippen LogP contribution in [-0.2, 0) is 36.9 Å². The fourth-order valence-electron chi connectivity index (χ4n) is 4.24. The molecule has 0 bridgehead atoms. The van der Waals surface area contributed by atoms with Crippen molar-refractivity contribution in [3.63, 3.8) is 0 Å². The SMILES string of the molecule is CCN(C(=O)[C@@H]1OCO[C@H]1C(=O)NC(Cc1ccc(OCc2c(Cl)cccc2Cl)cc1)C(=O)O)c1ccccc1. The van der Waals surface area contributed by atoms with Crippen molar-refractivity contribution in [2.45, 2.75) is 38.2 Å². The second-order valence-electron chi connectivity index (χ2n) is 8.95. The number of amides is 2. The van der Waals surface area contributed by atoms with Gasteiger partial charge in [0, 0.05) is 34.3 Å². The lowest BCUT2D eigenvalue weighted by atomic mass is 10.0. The number of carboxylic acids is 1. The third-order valence-electron chi connectivity index (χ3n) is 6.34. The Kier molecular flexibility index (Phi) is 10.0. The molecule has 3 atom stereocenters. The van der Waals surface area contributed by atoms with Crippen LogP contribution in [0.3, 0.4) is 0 Å². The fraction of sp³-hybridized carbons (Fsp3) is 0.276. The van der Waals surface area contributed by atoms with Crippen LogP contribution in [0.25, 0.3) is 0 Å². The molecule has 11 heteroatoms. The molecule has 1 unspecified atom stereocenters. The summed E-state index contributed by atoms with van der Waals surface area (Å²) in [5, 5.41) is 13.3. The van der Waals surface area contributed by atoms with Crippen molar-refractivity contribution in [3.05, 3.63) is 94.0 Å². The molecule has 9 nitrogen and oxygen atoms in total. The molecular formula is C29H28Cl2N2O7. The molecule has 40 heavy (non-hydrogen) atoms. The minimum Gasteiger partial charge on any atom is -0.489 e. The van der Waals surface area contributed by atoms with Gasteiger partial charge >= 0.3 is 5.97 Å². The zero-order valence-electron chi connectivity index (χ0n) is 21.6. The van der Waals surface area contributed by atoms with Gasteiger partial charge in [-0.05, 0) is 48.9 Å². The summed E-state index contributed by atoms with van der Waals surface area (Å²) in [7, 11) is 0. The number of carboxylic acid groups (broad SMARTS) is 1. The van der Waals surface area contributed by atoms with Crippen LogP contribution in [-0.4, -0.2) is 54.5 Å². The largest absolute Gasteiger partial charge is 0.489 e. The van der Waals surface area contributed by atoms with Crippen LogP contribution in [0.15, 0.2) is 72.8 Å². The van der Waals surface area contributed by atoms with E-state index in [1.54, 1.807) is 73.7 Å². The van der Waals surface area contributed by atoms with Crippen molar-refractivity contribution in [1.29, 1.82) is 0 Å². The van der Waals surface area contributed by atoms with E-state index in [0.29, 0.717) is 39.2 Å². The van der Waals surface area contributed by atoms with Crippen LogP contribution in [0.2, 0.25) is 10.0 Å². The lowest BCUT2D eigenvalue weighted by Crippen LogP contribution is -2.53. The Labute approximate surface area is 241 Å². The number of para-hydroxylation sites is 1. The standard InChI is InChI=1S/C29H28Cl2N2O7/c1-2-33(19-7-4-3-5-8-19)28(35)26-25(39-17-40-26)27(34)32-24(29(36)37)15-18-11-13-20(14-12-18)38-16-21-22(30)9-6-10-23(21)31/h3-14,24-26H,2,15-17H2,1H3,(H,32,34)(H,36,37)/t24?,25-,26-/m1/s1. The predicted octanol–water partition coefficient (Wildman–Crippen LogP) is 4.48. The summed E-state index contributed by atoms with van der Waals surface area (Å²) in [6.45, 7) is 2.05. The highest BCUT2D eigenvalue weighted by Crippen LogP contribution is 2.26. The molecule has 4 rings (SSSR count). The van der Waals surface area contributed by atoms with E-state index in [9.17, 15) is 19.5 Å². The summed E-state index contributed by atoms with van der Waals surface area (Å²) in [4.78, 5) is 39.7. The fourth-order valence-corrected chi connectivity index (χ4v) is 4.75. The summed E-state index contributed by atoms with van der Waals surface area (Å²) in [5.74, 6) is -1.90. The molecule has 1 fully saturated rings. The van der Waals surface area contributed by atoms with E-state index in [2.05, 4.69) is 5.32 Å². The number of anilines is 1.